The Balaban J connectivity index is 1.69. The first-order chi connectivity index (χ1) is 14.1. The maximum Gasteiger partial charge on any atom is 0.271 e. The maximum atomic E-state index is 12.1. The van der Waals surface area contributed by atoms with Crippen LogP contribution in [-0.4, -0.2) is 19.2 Å². The molecule has 0 spiro atoms. The molecular weight excluding hydrogens is 364 g/mol. The molecular formula is C24H24N2O3. The Hall–Kier alpha value is -3.60. The first-order valence-electron chi connectivity index (χ1n) is 9.33. The summed E-state index contributed by atoms with van der Waals surface area (Å²) in [6, 6.07) is 20.6. The highest BCUT2D eigenvalue weighted by Crippen LogP contribution is 2.25. The van der Waals surface area contributed by atoms with Crippen molar-refractivity contribution < 1.29 is 14.3 Å². The zero-order valence-corrected chi connectivity index (χ0v) is 16.8. The van der Waals surface area contributed by atoms with E-state index in [1.807, 2.05) is 55.5 Å². The second-order valence-electron chi connectivity index (χ2n) is 6.62. The first kappa shape index (κ1) is 20.1. The molecule has 0 saturated carbocycles. The molecule has 3 rings (SSSR count). The van der Waals surface area contributed by atoms with Crippen LogP contribution >= 0.6 is 0 Å². The number of aryl methyl sites for hydroxylation is 1. The zero-order chi connectivity index (χ0) is 20.6. The topological polar surface area (TPSA) is 59.9 Å². The largest absolute Gasteiger partial charge is 0.496 e. The fourth-order valence-electron chi connectivity index (χ4n) is 2.85. The van der Waals surface area contributed by atoms with Gasteiger partial charge in [-0.3, -0.25) is 4.79 Å². The van der Waals surface area contributed by atoms with Gasteiger partial charge in [0.25, 0.3) is 5.91 Å². The third kappa shape index (κ3) is 5.23. The number of carbonyl (C=O) groups excluding carboxylic acids is 1. The van der Waals surface area contributed by atoms with Gasteiger partial charge < -0.3 is 9.47 Å². The van der Waals surface area contributed by atoms with Crippen LogP contribution in [0.2, 0.25) is 0 Å². The summed E-state index contributed by atoms with van der Waals surface area (Å²) in [5.74, 6) is 1.33. The summed E-state index contributed by atoms with van der Waals surface area (Å²) in [4.78, 5) is 12.1. The van der Waals surface area contributed by atoms with Crippen molar-refractivity contribution in [1.82, 2.24) is 5.43 Å². The Kier molecular flexibility index (Phi) is 6.63. The second kappa shape index (κ2) is 9.55. The lowest BCUT2D eigenvalue weighted by Gasteiger charge is -2.13. The molecule has 0 saturated heterocycles. The van der Waals surface area contributed by atoms with E-state index >= 15 is 0 Å². The molecule has 3 aromatic carbocycles. The number of hydrazone groups is 1. The summed E-state index contributed by atoms with van der Waals surface area (Å²) >= 11 is 0. The minimum Gasteiger partial charge on any atom is -0.496 e. The Labute approximate surface area is 171 Å². The van der Waals surface area contributed by atoms with Gasteiger partial charge in [0, 0.05) is 11.1 Å². The standard InChI is InChI=1S/C24H24N2O3/c1-17-8-7-11-22(18(17)2)29-16-21-14-19(12-13-23(21)28-3)15-25-26-24(27)20-9-5-4-6-10-20/h4-15H,16H2,1-3H3,(H,26,27)/b25-15-. The van der Waals surface area contributed by atoms with Crippen LogP contribution in [-0.2, 0) is 6.61 Å². The van der Waals surface area contributed by atoms with Crippen molar-refractivity contribution in [2.24, 2.45) is 5.10 Å². The SMILES string of the molecule is COc1ccc(/C=N\NC(=O)c2ccccc2)cc1COc1cccc(C)c1C. The molecule has 29 heavy (non-hydrogen) atoms. The second-order valence-corrected chi connectivity index (χ2v) is 6.62. The van der Waals surface area contributed by atoms with Crippen molar-refractivity contribution in [3.05, 3.63) is 94.5 Å². The summed E-state index contributed by atoms with van der Waals surface area (Å²) in [5, 5.41) is 4.05. The molecule has 5 heteroatoms. The summed E-state index contributed by atoms with van der Waals surface area (Å²) in [5.41, 5.74) is 7.12. The van der Waals surface area contributed by atoms with Gasteiger partial charge in [-0.1, -0.05) is 30.3 Å². The number of amides is 1. The molecule has 0 unspecified atom stereocenters. The van der Waals surface area contributed by atoms with Crippen LogP contribution < -0.4 is 14.9 Å². The van der Waals surface area contributed by atoms with Gasteiger partial charge >= 0.3 is 0 Å². The van der Waals surface area contributed by atoms with E-state index < -0.39 is 0 Å². The van der Waals surface area contributed by atoms with E-state index in [1.165, 1.54) is 5.56 Å². The minimum atomic E-state index is -0.256. The highest BCUT2D eigenvalue weighted by atomic mass is 16.5. The minimum absolute atomic E-state index is 0.256. The van der Waals surface area contributed by atoms with Crippen LogP contribution in [0.4, 0.5) is 0 Å². The highest BCUT2D eigenvalue weighted by Gasteiger charge is 2.08. The average molecular weight is 388 g/mol. The van der Waals surface area contributed by atoms with Crippen LogP contribution in [0.5, 0.6) is 11.5 Å². The molecule has 0 bridgehead atoms. The number of ether oxygens (including phenoxy) is 2. The first-order valence-corrected chi connectivity index (χ1v) is 9.33. The quantitative estimate of drug-likeness (QED) is 0.473. The van der Waals surface area contributed by atoms with Crippen molar-refractivity contribution >= 4 is 12.1 Å². The molecule has 0 heterocycles. The van der Waals surface area contributed by atoms with Gasteiger partial charge in [-0.2, -0.15) is 5.10 Å². The van der Waals surface area contributed by atoms with E-state index in [0.29, 0.717) is 12.2 Å². The molecule has 0 radical (unpaired) electrons. The Morgan fingerprint density at radius 1 is 1.00 bits per heavy atom. The number of nitrogens with one attached hydrogen (secondary N) is 1. The van der Waals surface area contributed by atoms with Gasteiger partial charge in [0.05, 0.1) is 13.3 Å². The van der Waals surface area contributed by atoms with Gasteiger partial charge in [-0.05, 0) is 66.9 Å². The molecule has 5 nitrogen and oxygen atoms in total. The van der Waals surface area contributed by atoms with Crippen molar-refractivity contribution in [3.8, 4) is 11.5 Å². The lowest BCUT2D eigenvalue weighted by molar-refractivity contribution is 0.0955. The monoisotopic (exact) mass is 388 g/mol. The Bertz CT molecular complexity index is 1010. The molecule has 0 aliphatic carbocycles. The molecule has 1 amide bonds. The molecule has 0 fully saturated rings. The zero-order valence-electron chi connectivity index (χ0n) is 16.8. The lowest BCUT2D eigenvalue weighted by atomic mass is 10.1. The number of carbonyl (C=O) groups is 1. The van der Waals surface area contributed by atoms with E-state index in [-0.39, 0.29) is 5.91 Å². The molecule has 1 N–H and O–H groups in total. The number of methoxy groups -OCH3 is 1. The fraction of sp³-hybridized carbons (Fsp3) is 0.167. The van der Waals surface area contributed by atoms with E-state index in [9.17, 15) is 4.79 Å². The van der Waals surface area contributed by atoms with E-state index in [2.05, 4.69) is 23.5 Å². The van der Waals surface area contributed by atoms with Gasteiger partial charge in [0.1, 0.15) is 18.1 Å². The number of hydrogen-bond acceptors (Lipinski definition) is 4. The number of benzene rings is 3. The van der Waals surface area contributed by atoms with E-state index in [0.717, 1.165) is 28.2 Å². The maximum absolute atomic E-state index is 12.1. The third-order valence-electron chi connectivity index (χ3n) is 4.66. The lowest BCUT2D eigenvalue weighted by Crippen LogP contribution is -2.17. The Morgan fingerprint density at radius 2 is 1.79 bits per heavy atom. The van der Waals surface area contributed by atoms with Gasteiger partial charge in [0.2, 0.25) is 0 Å². The number of nitrogens with zero attached hydrogens (tertiary/aromatic N) is 1. The van der Waals surface area contributed by atoms with Gasteiger partial charge in [0.15, 0.2) is 0 Å². The van der Waals surface area contributed by atoms with E-state index in [4.69, 9.17) is 9.47 Å². The average Bonchev–Trinajstić information content (AvgIpc) is 2.75. The summed E-state index contributed by atoms with van der Waals surface area (Å²) in [6.07, 6.45) is 1.60. The summed E-state index contributed by atoms with van der Waals surface area (Å²) in [7, 11) is 1.63. The molecule has 3 aromatic rings. The third-order valence-corrected chi connectivity index (χ3v) is 4.66. The van der Waals surface area contributed by atoms with E-state index in [1.54, 1.807) is 25.5 Å². The van der Waals surface area contributed by atoms with Crippen LogP contribution in [0.15, 0.2) is 71.8 Å². The molecule has 0 atom stereocenters. The fourth-order valence-corrected chi connectivity index (χ4v) is 2.85. The summed E-state index contributed by atoms with van der Waals surface area (Å²) < 4.78 is 11.5. The highest BCUT2D eigenvalue weighted by molar-refractivity contribution is 5.94. The normalized spacial score (nSPS) is 10.7. The van der Waals surface area contributed by atoms with Crippen molar-refractivity contribution in [2.75, 3.05) is 7.11 Å². The van der Waals surface area contributed by atoms with Crippen LogP contribution in [0.1, 0.15) is 32.6 Å². The van der Waals surface area contributed by atoms with Crippen LogP contribution in [0.3, 0.4) is 0 Å². The van der Waals surface area contributed by atoms with Crippen molar-refractivity contribution in [3.63, 3.8) is 0 Å². The van der Waals surface area contributed by atoms with Crippen molar-refractivity contribution in [2.45, 2.75) is 20.5 Å². The molecule has 0 aliphatic heterocycles. The van der Waals surface area contributed by atoms with Gasteiger partial charge in [-0.15, -0.1) is 0 Å². The number of hydrogen-bond donors (Lipinski definition) is 1. The predicted molar refractivity (Wildman–Crippen MR) is 115 cm³/mol. The number of rotatable bonds is 7. The summed E-state index contributed by atoms with van der Waals surface area (Å²) in [6.45, 7) is 4.47. The Morgan fingerprint density at radius 3 is 2.55 bits per heavy atom. The smallest absolute Gasteiger partial charge is 0.271 e. The van der Waals surface area contributed by atoms with Crippen molar-refractivity contribution in [1.29, 1.82) is 0 Å². The molecule has 148 valence electrons. The predicted octanol–water partition coefficient (Wildman–Crippen LogP) is 4.65. The van der Waals surface area contributed by atoms with Crippen LogP contribution in [0, 0.1) is 13.8 Å². The molecule has 0 aliphatic rings. The molecule has 0 aromatic heterocycles. The van der Waals surface area contributed by atoms with Crippen LogP contribution in [0.25, 0.3) is 0 Å². The van der Waals surface area contributed by atoms with Gasteiger partial charge in [-0.25, -0.2) is 5.43 Å².